The number of hydrogen-bond acceptors (Lipinski definition) is 4. The molecule has 0 bridgehead atoms. The number of rotatable bonds is 6. The molecular formula is C24H20N2O2. The van der Waals surface area contributed by atoms with Crippen molar-refractivity contribution < 1.29 is 9.59 Å². The first kappa shape index (κ1) is 18.9. The summed E-state index contributed by atoms with van der Waals surface area (Å²) in [5.74, 6) is -0.353. The van der Waals surface area contributed by atoms with Gasteiger partial charge in [0.2, 0.25) is 0 Å². The molecule has 0 heterocycles. The van der Waals surface area contributed by atoms with Gasteiger partial charge in [-0.2, -0.15) is 0 Å². The molecule has 4 nitrogen and oxygen atoms in total. The number of nitrogen functional groups attached to an aromatic ring is 2. The lowest BCUT2D eigenvalue weighted by Gasteiger charge is -2.09. The third kappa shape index (κ3) is 3.91. The van der Waals surface area contributed by atoms with E-state index in [1.807, 2.05) is 0 Å². The summed E-state index contributed by atoms with van der Waals surface area (Å²) < 4.78 is 0. The maximum absolute atomic E-state index is 12.6. The van der Waals surface area contributed by atoms with Gasteiger partial charge in [0.05, 0.1) is 0 Å². The second kappa shape index (κ2) is 7.76. The average molecular weight is 368 g/mol. The maximum atomic E-state index is 12.6. The summed E-state index contributed by atoms with van der Waals surface area (Å²) in [6.07, 6.45) is 0. The number of carbonyl (C=O) groups excluding carboxylic acids is 2. The molecule has 0 unspecified atom stereocenters. The zero-order valence-electron chi connectivity index (χ0n) is 15.3. The summed E-state index contributed by atoms with van der Waals surface area (Å²) in [6, 6.07) is 20.4. The van der Waals surface area contributed by atoms with Crippen molar-refractivity contribution in [1.29, 1.82) is 0 Å². The van der Waals surface area contributed by atoms with Crippen LogP contribution in [0.4, 0.5) is 11.4 Å². The molecule has 0 saturated carbocycles. The number of carbonyl (C=O) groups is 2. The van der Waals surface area contributed by atoms with Crippen molar-refractivity contribution in [3.63, 3.8) is 0 Å². The Kier molecular flexibility index (Phi) is 5.23. The Morgan fingerprint density at radius 3 is 1.04 bits per heavy atom. The molecule has 4 heteroatoms. The highest BCUT2D eigenvalue weighted by Gasteiger charge is 2.15. The van der Waals surface area contributed by atoms with Crippen molar-refractivity contribution in [2.45, 2.75) is 0 Å². The third-order valence-electron chi connectivity index (χ3n) is 4.48. The van der Waals surface area contributed by atoms with E-state index in [9.17, 15) is 9.59 Å². The van der Waals surface area contributed by atoms with E-state index in [-0.39, 0.29) is 11.6 Å². The number of anilines is 2. The fraction of sp³-hybridized carbons (Fsp3) is 0. The SMILES string of the molecule is C=C(C(=O)c1ccc(N)cc1)c1ccc(C(=C)C(=O)c2ccc(N)cc2)cc1. The van der Waals surface area contributed by atoms with Crippen molar-refractivity contribution in [3.05, 3.63) is 108 Å². The van der Waals surface area contributed by atoms with Crippen LogP contribution in [0.2, 0.25) is 0 Å². The minimum Gasteiger partial charge on any atom is -0.399 e. The largest absolute Gasteiger partial charge is 0.399 e. The quantitative estimate of drug-likeness (QED) is 0.377. The average Bonchev–Trinajstić information content (AvgIpc) is 2.73. The lowest BCUT2D eigenvalue weighted by Crippen LogP contribution is -2.04. The predicted molar refractivity (Wildman–Crippen MR) is 115 cm³/mol. The first-order valence-corrected chi connectivity index (χ1v) is 8.66. The van der Waals surface area contributed by atoms with Crippen LogP contribution in [0, 0.1) is 0 Å². The number of nitrogens with two attached hydrogens (primary N) is 2. The van der Waals surface area contributed by atoms with Crippen LogP contribution in [0.15, 0.2) is 86.0 Å². The lowest BCUT2D eigenvalue weighted by atomic mass is 9.94. The van der Waals surface area contributed by atoms with Crippen LogP contribution < -0.4 is 11.5 Å². The van der Waals surface area contributed by atoms with Crippen LogP contribution in [0.3, 0.4) is 0 Å². The van der Waals surface area contributed by atoms with Gasteiger partial charge in [0, 0.05) is 33.6 Å². The summed E-state index contributed by atoms with van der Waals surface area (Å²) in [7, 11) is 0. The normalized spacial score (nSPS) is 10.3. The minimum atomic E-state index is -0.176. The molecular weight excluding hydrogens is 348 g/mol. The maximum Gasteiger partial charge on any atom is 0.193 e. The molecule has 3 aromatic rings. The van der Waals surface area contributed by atoms with Crippen molar-refractivity contribution in [1.82, 2.24) is 0 Å². The Hall–Kier alpha value is -3.92. The van der Waals surface area contributed by atoms with Gasteiger partial charge < -0.3 is 11.5 Å². The van der Waals surface area contributed by atoms with E-state index in [1.54, 1.807) is 72.8 Å². The van der Waals surface area contributed by atoms with Crippen LogP contribution in [0.1, 0.15) is 31.8 Å². The Bertz CT molecular complexity index is 973. The van der Waals surface area contributed by atoms with Gasteiger partial charge in [0.25, 0.3) is 0 Å². The molecule has 0 aromatic heterocycles. The van der Waals surface area contributed by atoms with Gasteiger partial charge in [0.1, 0.15) is 0 Å². The summed E-state index contributed by atoms with van der Waals surface area (Å²) in [5, 5.41) is 0. The number of hydrogen-bond donors (Lipinski definition) is 2. The molecule has 0 atom stereocenters. The summed E-state index contributed by atoms with van der Waals surface area (Å²) in [4.78, 5) is 25.1. The van der Waals surface area contributed by atoms with Crippen molar-refractivity contribution >= 4 is 34.1 Å². The van der Waals surface area contributed by atoms with Crippen molar-refractivity contribution in [2.75, 3.05) is 11.5 Å². The van der Waals surface area contributed by atoms with E-state index in [0.29, 0.717) is 44.8 Å². The first-order valence-electron chi connectivity index (χ1n) is 8.66. The van der Waals surface area contributed by atoms with Crippen LogP contribution in [0.5, 0.6) is 0 Å². The summed E-state index contributed by atoms with van der Waals surface area (Å²) in [6.45, 7) is 7.81. The molecule has 4 N–H and O–H groups in total. The first-order chi connectivity index (χ1) is 13.4. The Labute approximate surface area is 163 Å². The second-order valence-electron chi connectivity index (χ2n) is 6.44. The second-order valence-corrected chi connectivity index (χ2v) is 6.44. The Balaban J connectivity index is 1.77. The van der Waals surface area contributed by atoms with E-state index in [1.165, 1.54) is 0 Å². The van der Waals surface area contributed by atoms with Crippen molar-refractivity contribution in [2.24, 2.45) is 0 Å². The van der Waals surface area contributed by atoms with Crippen LogP contribution >= 0.6 is 0 Å². The molecule has 0 aliphatic carbocycles. The van der Waals surface area contributed by atoms with Crippen LogP contribution in [0.25, 0.3) is 11.1 Å². The highest BCUT2D eigenvalue weighted by Crippen LogP contribution is 2.23. The highest BCUT2D eigenvalue weighted by molar-refractivity contribution is 6.29. The fourth-order valence-electron chi connectivity index (χ4n) is 2.75. The molecule has 0 radical (unpaired) electrons. The van der Waals surface area contributed by atoms with E-state index >= 15 is 0 Å². The molecule has 0 amide bonds. The van der Waals surface area contributed by atoms with Gasteiger partial charge in [-0.15, -0.1) is 0 Å². The van der Waals surface area contributed by atoms with Gasteiger partial charge >= 0.3 is 0 Å². The monoisotopic (exact) mass is 368 g/mol. The third-order valence-corrected chi connectivity index (χ3v) is 4.48. The summed E-state index contributed by atoms with van der Waals surface area (Å²) in [5.41, 5.74) is 15.6. The molecule has 3 rings (SSSR count). The van der Waals surface area contributed by atoms with E-state index < -0.39 is 0 Å². The molecule has 0 spiro atoms. The van der Waals surface area contributed by atoms with Gasteiger partial charge in [-0.05, 0) is 59.7 Å². The van der Waals surface area contributed by atoms with Gasteiger partial charge in [-0.3, -0.25) is 9.59 Å². The van der Waals surface area contributed by atoms with E-state index in [4.69, 9.17) is 11.5 Å². The van der Waals surface area contributed by atoms with Gasteiger partial charge in [-0.1, -0.05) is 37.4 Å². The number of ketones is 2. The van der Waals surface area contributed by atoms with Gasteiger partial charge in [0.15, 0.2) is 11.6 Å². The molecule has 3 aromatic carbocycles. The number of allylic oxidation sites excluding steroid dienone is 2. The molecule has 0 aliphatic heterocycles. The lowest BCUT2D eigenvalue weighted by molar-refractivity contribution is 0.104. The van der Waals surface area contributed by atoms with Gasteiger partial charge in [-0.25, -0.2) is 0 Å². The Morgan fingerprint density at radius 1 is 0.500 bits per heavy atom. The molecule has 138 valence electrons. The van der Waals surface area contributed by atoms with Crippen LogP contribution in [-0.2, 0) is 0 Å². The topological polar surface area (TPSA) is 86.2 Å². The van der Waals surface area contributed by atoms with Crippen LogP contribution in [-0.4, -0.2) is 11.6 Å². The van der Waals surface area contributed by atoms with E-state index in [2.05, 4.69) is 13.2 Å². The number of benzene rings is 3. The predicted octanol–water partition coefficient (Wildman–Crippen LogP) is 4.64. The summed E-state index contributed by atoms with van der Waals surface area (Å²) >= 11 is 0. The number of Topliss-reactive ketones (excluding diaryl/α,β-unsaturated/α-hetero) is 2. The standard InChI is InChI=1S/C24H20N2O2/c1-15(23(27)19-7-11-21(25)12-8-19)17-3-5-18(6-4-17)16(2)24(28)20-9-13-22(26)14-10-20/h3-14H,1-2,25-26H2. The van der Waals surface area contributed by atoms with E-state index in [0.717, 1.165) is 0 Å². The molecule has 0 fully saturated rings. The Morgan fingerprint density at radius 2 is 0.750 bits per heavy atom. The zero-order valence-corrected chi connectivity index (χ0v) is 15.3. The molecule has 28 heavy (non-hydrogen) atoms. The van der Waals surface area contributed by atoms with Crippen molar-refractivity contribution in [3.8, 4) is 0 Å². The molecule has 0 aliphatic rings. The smallest absolute Gasteiger partial charge is 0.193 e. The highest BCUT2D eigenvalue weighted by atomic mass is 16.1. The minimum absolute atomic E-state index is 0.176. The zero-order chi connectivity index (χ0) is 20.3. The molecule has 0 saturated heterocycles. The fourth-order valence-corrected chi connectivity index (χ4v) is 2.75.